The molecular weight excluding hydrogens is 730 g/mol. The number of hydrogen-bond donors (Lipinski definition) is 1. The number of anilines is 2. The number of ether oxygens (including phenoxy) is 4. The number of rotatable bonds is 13. The number of halogens is 3. The number of sulfonamides is 1. The van der Waals surface area contributed by atoms with Gasteiger partial charge in [0.05, 0.1) is 49.6 Å². The Morgan fingerprint density at radius 2 is 1.49 bits per heavy atom. The largest absolute Gasteiger partial charge is 0.497 e. The van der Waals surface area contributed by atoms with Gasteiger partial charge in [0.2, 0.25) is 15.9 Å². The van der Waals surface area contributed by atoms with E-state index in [0.29, 0.717) is 45.4 Å². The Hall–Kier alpha value is -4.66. The molecule has 1 aromatic heterocycles. The van der Waals surface area contributed by atoms with E-state index in [1.807, 2.05) is 0 Å². The first-order valence-corrected chi connectivity index (χ1v) is 18.7. The van der Waals surface area contributed by atoms with Crippen LogP contribution in [0.15, 0.2) is 65.6 Å². The molecule has 1 aliphatic rings. The highest BCUT2D eigenvalue weighted by Gasteiger charge is 2.34. The molecule has 53 heavy (non-hydrogen) atoms. The van der Waals surface area contributed by atoms with Gasteiger partial charge in [0.25, 0.3) is 5.91 Å². The Morgan fingerprint density at radius 1 is 0.887 bits per heavy atom. The first-order chi connectivity index (χ1) is 25.2. The summed E-state index contributed by atoms with van der Waals surface area (Å²) in [5.74, 6) is -1.24. The van der Waals surface area contributed by atoms with Crippen molar-refractivity contribution in [1.29, 1.82) is 0 Å². The Kier molecular flexibility index (Phi) is 12.4. The number of nitrogens with zero attached hydrogens (tertiary/aromatic N) is 3. The molecule has 4 aromatic rings. The zero-order chi connectivity index (χ0) is 38.5. The predicted octanol–water partition coefficient (Wildman–Crippen LogP) is 7.66. The van der Waals surface area contributed by atoms with Crippen molar-refractivity contribution in [3.63, 3.8) is 0 Å². The highest BCUT2D eigenvalue weighted by molar-refractivity contribution is 7.89. The van der Waals surface area contributed by atoms with Gasteiger partial charge in [0.1, 0.15) is 28.8 Å². The van der Waals surface area contributed by atoms with Crippen LogP contribution in [0, 0.1) is 13.8 Å². The molecule has 1 saturated heterocycles. The maximum absolute atomic E-state index is 14.6. The first-order valence-electron chi connectivity index (χ1n) is 16.8. The van der Waals surface area contributed by atoms with Gasteiger partial charge in [0.15, 0.2) is 0 Å². The number of amides is 1. The topological polar surface area (TPSA) is 120 Å². The average molecular weight is 773 g/mol. The summed E-state index contributed by atoms with van der Waals surface area (Å²) in [6.45, 7) is 3.46. The van der Waals surface area contributed by atoms with Crippen molar-refractivity contribution in [1.82, 2.24) is 9.29 Å². The van der Waals surface area contributed by atoms with Gasteiger partial charge in [-0.2, -0.15) is 4.31 Å². The van der Waals surface area contributed by atoms with E-state index in [9.17, 15) is 22.0 Å². The lowest BCUT2D eigenvalue weighted by molar-refractivity contribution is -0.0102. The van der Waals surface area contributed by atoms with Crippen molar-refractivity contribution in [3.8, 4) is 23.0 Å². The summed E-state index contributed by atoms with van der Waals surface area (Å²) in [6, 6.07) is 16.1. The van der Waals surface area contributed by atoms with Crippen LogP contribution in [-0.4, -0.2) is 71.1 Å². The van der Waals surface area contributed by atoms with Crippen molar-refractivity contribution in [2.75, 3.05) is 51.7 Å². The fraction of sp³-hybridized carbons (Fsp3) is 0.368. The fourth-order valence-corrected chi connectivity index (χ4v) is 7.82. The monoisotopic (exact) mass is 772 g/mol. The fourth-order valence-electron chi connectivity index (χ4n) is 6.24. The summed E-state index contributed by atoms with van der Waals surface area (Å²) in [6.07, 6.45) is -0.416. The van der Waals surface area contributed by atoms with Gasteiger partial charge >= 0.3 is 0 Å². The van der Waals surface area contributed by atoms with Gasteiger partial charge in [-0.25, -0.2) is 22.2 Å². The molecule has 0 atom stereocenters. The van der Waals surface area contributed by atoms with Crippen molar-refractivity contribution >= 4 is 39.0 Å². The average Bonchev–Trinajstić information content (AvgIpc) is 3.33. The Bertz CT molecular complexity index is 2030. The molecule has 15 heteroatoms. The zero-order valence-corrected chi connectivity index (χ0v) is 32.0. The van der Waals surface area contributed by atoms with Gasteiger partial charge in [-0.15, -0.1) is 0 Å². The highest BCUT2D eigenvalue weighted by Crippen LogP contribution is 2.36. The van der Waals surface area contributed by atoms with Gasteiger partial charge in [-0.3, -0.25) is 4.79 Å². The van der Waals surface area contributed by atoms with E-state index in [1.165, 1.54) is 50.9 Å². The number of aryl methyl sites for hydroxylation is 1. The van der Waals surface area contributed by atoms with Gasteiger partial charge in [-0.05, 0) is 56.2 Å². The molecule has 0 spiro atoms. The molecule has 2 heterocycles. The van der Waals surface area contributed by atoms with Gasteiger partial charge < -0.3 is 29.2 Å². The van der Waals surface area contributed by atoms with E-state index in [-0.39, 0.29) is 72.4 Å². The molecule has 1 aliphatic heterocycles. The number of methoxy groups -OCH3 is 4. The minimum atomic E-state index is -4.27. The van der Waals surface area contributed by atoms with Crippen LogP contribution in [0.3, 0.4) is 0 Å². The number of benzene rings is 3. The smallest absolute Gasteiger partial charge is 0.259 e. The maximum atomic E-state index is 14.6. The van der Waals surface area contributed by atoms with E-state index in [1.54, 1.807) is 61.2 Å². The van der Waals surface area contributed by atoms with Crippen molar-refractivity contribution < 1.29 is 40.9 Å². The number of carbonyl (C=O) groups is 1. The second-order valence-electron chi connectivity index (χ2n) is 12.6. The third kappa shape index (κ3) is 8.94. The first kappa shape index (κ1) is 39.5. The summed E-state index contributed by atoms with van der Waals surface area (Å²) in [7, 11) is 1.75. The van der Waals surface area contributed by atoms with E-state index < -0.39 is 21.9 Å². The summed E-state index contributed by atoms with van der Waals surface area (Å²) < 4.78 is 80.8. The summed E-state index contributed by atoms with van der Waals surface area (Å²) in [5, 5.41) is 3.08. The van der Waals surface area contributed by atoms with Gasteiger partial charge in [0, 0.05) is 68.0 Å². The van der Waals surface area contributed by atoms with Gasteiger partial charge in [-0.1, -0.05) is 29.8 Å². The van der Waals surface area contributed by atoms with Crippen LogP contribution in [0.1, 0.15) is 52.0 Å². The van der Waals surface area contributed by atoms with Crippen molar-refractivity contribution in [2.45, 2.75) is 57.0 Å². The van der Waals surface area contributed by atoms with E-state index in [0.717, 1.165) is 0 Å². The molecule has 1 N–H and O–H groups in total. The van der Waals surface area contributed by atoms with Crippen LogP contribution in [-0.2, 0) is 23.1 Å². The summed E-state index contributed by atoms with van der Waals surface area (Å²) in [5.41, 5.74) is 2.35. The third-order valence-corrected chi connectivity index (χ3v) is 11.5. The normalized spacial score (nSPS) is 14.4. The predicted molar refractivity (Wildman–Crippen MR) is 200 cm³/mol. The van der Waals surface area contributed by atoms with Crippen molar-refractivity contribution in [2.24, 2.45) is 0 Å². The number of hydrogen-bond acceptors (Lipinski definition) is 9. The SMILES string of the molecule is COc1ccc(CN(Cc2ccc(OC)cc2OC)S(=O)(=O)c2cccc(NC(=O)c3c(N4CCCC(F)(F)CC4)nc(C)c(Cl)c3C)c2)c(OC)c1. The molecule has 0 radical (unpaired) electrons. The number of pyridine rings is 1. The molecule has 284 valence electrons. The van der Waals surface area contributed by atoms with E-state index in [2.05, 4.69) is 10.3 Å². The second-order valence-corrected chi connectivity index (χ2v) is 15.0. The molecule has 0 aliphatic carbocycles. The standard InChI is InChI=1S/C38H43ClF2N4O7S/c1-24-34(36(42-25(2)35(24)39)44-17-8-15-38(40,41)16-18-44)37(46)43-28-9-7-10-31(19-28)53(47,48)45(22-26-11-13-29(49-3)20-32(26)51-5)23-27-12-14-30(50-4)21-33(27)52-6/h7,9-14,19-21H,8,15-18,22-23H2,1-6H3,(H,43,46). The Labute approximate surface area is 313 Å². The molecule has 11 nitrogen and oxygen atoms in total. The van der Waals surface area contributed by atoms with Crippen LogP contribution in [0.2, 0.25) is 5.02 Å². The molecule has 3 aromatic carbocycles. The number of nitrogens with one attached hydrogen (secondary N) is 1. The molecule has 5 rings (SSSR count). The van der Waals surface area contributed by atoms with Crippen LogP contribution >= 0.6 is 11.6 Å². The van der Waals surface area contributed by atoms with Crippen LogP contribution in [0.5, 0.6) is 23.0 Å². The lowest BCUT2D eigenvalue weighted by Gasteiger charge is -2.26. The lowest BCUT2D eigenvalue weighted by atomic mass is 10.1. The zero-order valence-electron chi connectivity index (χ0n) is 30.5. The highest BCUT2D eigenvalue weighted by atomic mass is 35.5. The molecule has 1 fully saturated rings. The van der Waals surface area contributed by atoms with Crippen LogP contribution in [0.25, 0.3) is 0 Å². The summed E-state index contributed by atoms with van der Waals surface area (Å²) in [4.78, 5) is 20.2. The minimum Gasteiger partial charge on any atom is -0.497 e. The lowest BCUT2D eigenvalue weighted by Crippen LogP contribution is -2.31. The quantitative estimate of drug-likeness (QED) is 0.146. The number of alkyl halides is 2. The third-order valence-electron chi connectivity index (χ3n) is 9.18. The van der Waals surface area contributed by atoms with E-state index >= 15 is 0 Å². The molecule has 1 amide bonds. The Balaban J connectivity index is 1.51. The Morgan fingerprint density at radius 3 is 2.06 bits per heavy atom. The van der Waals surface area contributed by atoms with Crippen LogP contribution in [0.4, 0.5) is 20.3 Å². The minimum absolute atomic E-state index is 0.00230. The number of aromatic nitrogens is 1. The van der Waals surface area contributed by atoms with Crippen LogP contribution < -0.4 is 29.2 Å². The molecule has 0 saturated carbocycles. The molecule has 0 bridgehead atoms. The maximum Gasteiger partial charge on any atom is 0.259 e. The molecular formula is C38H43ClF2N4O7S. The second kappa shape index (κ2) is 16.6. The summed E-state index contributed by atoms with van der Waals surface area (Å²) >= 11 is 6.55. The van der Waals surface area contributed by atoms with Crippen molar-refractivity contribution in [3.05, 3.63) is 93.6 Å². The molecule has 0 unspecified atom stereocenters. The number of carbonyl (C=O) groups excluding carboxylic acids is 1. The van der Waals surface area contributed by atoms with E-state index in [4.69, 9.17) is 30.5 Å².